The summed E-state index contributed by atoms with van der Waals surface area (Å²) in [6, 6.07) is 42.0. The Labute approximate surface area is 315 Å². The monoisotopic (exact) mass is 710 g/mol. The molecule has 0 aliphatic carbocycles. The molecule has 0 spiro atoms. The number of aliphatic imine (C=N–C) groups is 2. The molecule has 6 aromatic carbocycles. The average molecular weight is 711 g/mol. The number of hydrogen-bond acceptors (Lipinski definition) is 6. The lowest BCUT2D eigenvalue weighted by Crippen LogP contribution is -2.11. The molecule has 8 aromatic rings. The second kappa shape index (κ2) is 16.0. The van der Waals surface area contributed by atoms with Gasteiger partial charge in [-0.15, -0.1) is 0 Å². The van der Waals surface area contributed by atoms with Crippen molar-refractivity contribution in [2.24, 2.45) is 9.98 Å². The molecule has 0 amide bonds. The van der Waals surface area contributed by atoms with Crippen molar-refractivity contribution in [1.29, 1.82) is 0 Å². The molecule has 0 aliphatic heterocycles. The van der Waals surface area contributed by atoms with Crippen LogP contribution in [0, 0.1) is 0 Å². The Bertz CT molecular complexity index is 2410. The van der Waals surface area contributed by atoms with Crippen molar-refractivity contribution >= 4 is 44.7 Å². The summed E-state index contributed by atoms with van der Waals surface area (Å²) in [5, 5.41) is 6.90. The van der Waals surface area contributed by atoms with Crippen molar-refractivity contribution in [2.75, 3.05) is 13.2 Å². The van der Waals surface area contributed by atoms with Crippen molar-refractivity contribution < 1.29 is 9.47 Å². The number of fused-ring (bicyclic) bond motifs is 3. The molecule has 0 bridgehead atoms. The van der Waals surface area contributed by atoms with E-state index in [9.17, 15) is 0 Å². The van der Waals surface area contributed by atoms with Crippen molar-refractivity contribution in [3.05, 3.63) is 169 Å². The molecule has 2 atom stereocenters. The van der Waals surface area contributed by atoms with Gasteiger partial charge < -0.3 is 18.6 Å². The summed E-state index contributed by atoms with van der Waals surface area (Å²) >= 11 is 0. The third kappa shape index (κ3) is 7.78. The molecule has 0 aliphatic rings. The van der Waals surface area contributed by atoms with Crippen LogP contribution in [0.4, 0.5) is 0 Å². The highest BCUT2D eigenvalue weighted by atomic mass is 16.5. The summed E-state index contributed by atoms with van der Waals surface area (Å²) in [6.07, 6.45) is 11.2. The van der Waals surface area contributed by atoms with Crippen molar-refractivity contribution in [2.45, 2.75) is 39.0 Å². The van der Waals surface area contributed by atoms with E-state index < -0.39 is 0 Å². The molecular formula is C46H42N6O2. The van der Waals surface area contributed by atoms with Crippen LogP contribution >= 0.6 is 0 Å². The number of hydrogen-bond donors (Lipinski definition) is 0. The van der Waals surface area contributed by atoms with Gasteiger partial charge in [-0.2, -0.15) is 0 Å². The summed E-state index contributed by atoms with van der Waals surface area (Å²) < 4.78 is 16.8. The van der Waals surface area contributed by atoms with Gasteiger partial charge in [0, 0.05) is 35.6 Å². The maximum Gasteiger partial charge on any atom is 0.150 e. The summed E-state index contributed by atoms with van der Waals surface area (Å²) in [6.45, 7) is 6.44. The molecule has 0 unspecified atom stereocenters. The topological polar surface area (TPSA) is 78.8 Å². The van der Waals surface area contributed by atoms with Gasteiger partial charge in [0.05, 0.1) is 37.6 Å². The Hall–Kier alpha value is -6.54. The summed E-state index contributed by atoms with van der Waals surface area (Å²) in [5.74, 6) is 3.22. The van der Waals surface area contributed by atoms with Crippen LogP contribution in [0.25, 0.3) is 32.3 Å². The molecule has 2 aromatic heterocycles. The minimum absolute atomic E-state index is 0.00868. The summed E-state index contributed by atoms with van der Waals surface area (Å²) in [7, 11) is 0. The van der Waals surface area contributed by atoms with Crippen LogP contribution in [0.3, 0.4) is 0 Å². The number of nitrogens with zero attached hydrogens (tertiary/aromatic N) is 6. The van der Waals surface area contributed by atoms with E-state index in [2.05, 4.69) is 130 Å². The van der Waals surface area contributed by atoms with E-state index in [0.717, 1.165) is 33.9 Å². The highest BCUT2D eigenvalue weighted by molar-refractivity contribution is 5.93. The van der Waals surface area contributed by atoms with Crippen LogP contribution in [0.1, 0.15) is 48.7 Å². The third-order valence-corrected chi connectivity index (χ3v) is 9.86. The first kappa shape index (κ1) is 34.5. The first-order chi connectivity index (χ1) is 26.6. The average Bonchev–Trinajstić information content (AvgIpc) is 3.88. The fraction of sp³-hybridized carbons (Fsp3) is 0.174. The van der Waals surface area contributed by atoms with Gasteiger partial charge in [-0.3, -0.25) is 9.98 Å². The Morgan fingerprint density at radius 2 is 0.963 bits per heavy atom. The molecular weight excluding hydrogens is 669 g/mol. The molecule has 8 rings (SSSR count). The van der Waals surface area contributed by atoms with Crippen molar-refractivity contribution in [1.82, 2.24) is 19.1 Å². The highest BCUT2D eigenvalue weighted by Crippen LogP contribution is 2.33. The number of rotatable bonds is 14. The lowest BCUT2D eigenvalue weighted by atomic mass is 10.0. The second-order valence-corrected chi connectivity index (χ2v) is 13.4. The van der Waals surface area contributed by atoms with Gasteiger partial charge in [0.25, 0.3) is 0 Å². The molecule has 268 valence electrons. The van der Waals surface area contributed by atoms with E-state index in [4.69, 9.17) is 19.5 Å². The normalized spacial score (nSPS) is 13.0. The Balaban J connectivity index is 0.867. The van der Waals surface area contributed by atoms with E-state index in [1.165, 1.54) is 32.7 Å². The van der Waals surface area contributed by atoms with Crippen LogP contribution in [-0.4, -0.2) is 44.7 Å². The zero-order valence-electron chi connectivity index (χ0n) is 30.5. The smallest absolute Gasteiger partial charge is 0.150 e. The number of ether oxygens (including phenoxy) is 2. The largest absolute Gasteiger partial charge is 0.491 e. The molecule has 0 saturated carbocycles. The zero-order valence-corrected chi connectivity index (χ0v) is 30.5. The zero-order chi connectivity index (χ0) is 36.7. The molecule has 54 heavy (non-hydrogen) atoms. The lowest BCUT2D eigenvalue weighted by Gasteiger charge is -2.14. The summed E-state index contributed by atoms with van der Waals surface area (Å²) in [4.78, 5) is 18.7. The van der Waals surface area contributed by atoms with Crippen LogP contribution in [-0.2, 0) is 13.1 Å². The second-order valence-electron chi connectivity index (χ2n) is 13.4. The maximum atomic E-state index is 6.34. The fourth-order valence-electron chi connectivity index (χ4n) is 6.74. The van der Waals surface area contributed by atoms with E-state index in [1.54, 1.807) is 12.4 Å². The Morgan fingerprint density at radius 1 is 0.537 bits per heavy atom. The van der Waals surface area contributed by atoms with Gasteiger partial charge >= 0.3 is 0 Å². The molecule has 0 fully saturated rings. The van der Waals surface area contributed by atoms with E-state index in [0.29, 0.717) is 26.3 Å². The molecule has 8 heteroatoms. The first-order valence-electron chi connectivity index (χ1n) is 18.4. The quantitative estimate of drug-likeness (QED) is 0.105. The number of benzene rings is 6. The molecule has 0 saturated heterocycles. The predicted molar refractivity (Wildman–Crippen MR) is 219 cm³/mol. The number of aromatic nitrogens is 4. The molecule has 0 N–H and O–H groups in total. The van der Waals surface area contributed by atoms with E-state index in [1.807, 2.05) is 49.1 Å². The SMILES string of the molecule is C[C@@H](N=Cc1nccn1CCOc1ccc(OCCn2ccnc2C=N[C@H](C)c2ccc3ccccc3c2)c2ccccc12)c1ccc2ccccc2c1. The first-order valence-corrected chi connectivity index (χ1v) is 18.4. The predicted octanol–water partition coefficient (Wildman–Crippen LogP) is 10.1. The van der Waals surface area contributed by atoms with Gasteiger partial charge in [-0.25, -0.2) is 9.97 Å². The van der Waals surface area contributed by atoms with Crippen LogP contribution < -0.4 is 9.47 Å². The lowest BCUT2D eigenvalue weighted by molar-refractivity contribution is 0.295. The highest BCUT2D eigenvalue weighted by Gasteiger charge is 2.11. The van der Waals surface area contributed by atoms with E-state index >= 15 is 0 Å². The molecule has 2 heterocycles. The minimum Gasteiger partial charge on any atom is -0.491 e. The van der Waals surface area contributed by atoms with Gasteiger partial charge in [0.15, 0.2) is 11.6 Å². The Morgan fingerprint density at radius 3 is 1.43 bits per heavy atom. The minimum atomic E-state index is 0.00868. The van der Waals surface area contributed by atoms with Crippen LogP contribution in [0.15, 0.2) is 156 Å². The molecule has 0 radical (unpaired) electrons. The Kier molecular flexibility index (Phi) is 10.2. The summed E-state index contributed by atoms with van der Waals surface area (Å²) in [5.41, 5.74) is 2.34. The standard InChI is InChI=1S/C46H42N6O2/c1-33(37-17-15-35-9-3-5-11-39(35)29-37)49-31-45-47-21-23-51(45)25-27-53-43-19-20-44(42-14-8-7-13-41(42)43)54-28-26-52-24-22-48-46(52)32-50-34(2)38-18-16-36-10-4-6-12-40(36)30-38/h3-24,29-34H,25-28H2,1-2H3/t33-,34-/m1/s1. The third-order valence-electron chi connectivity index (χ3n) is 9.86. The fourth-order valence-corrected chi connectivity index (χ4v) is 6.74. The number of imidazole rings is 2. The van der Waals surface area contributed by atoms with Crippen LogP contribution in [0.2, 0.25) is 0 Å². The van der Waals surface area contributed by atoms with Crippen molar-refractivity contribution in [3.63, 3.8) is 0 Å². The van der Waals surface area contributed by atoms with Crippen molar-refractivity contribution in [3.8, 4) is 11.5 Å². The van der Waals surface area contributed by atoms with Crippen LogP contribution in [0.5, 0.6) is 11.5 Å². The molecule has 8 nitrogen and oxygen atoms in total. The van der Waals surface area contributed by atoms with E-state index in [-0.39, 0.29) is 12.1 Å². The van der Waals surface area contributed by atoms with Gasteiger partial charge in [-0.1, -0.05) is 97.1 Å². The van der Waals surface area contributed by atoms with Gasteiger partial charge in [0.1, 0.15) is 24.7 Å². The van der Waals surface area contributed by atoms with Gasteiger partial charge in [0.2, 0.25) is 0 Å². The maximum absolute atomic E-state index is 6.34. The van der Waals surface area contributed by atoms with Gasteiger partial charge in [-0.05, 0) is 70.8 Å².